The van der Waals surface area contributed by atoms with E-state index in [2.05, 4.69) is 51.5 Å². The molecule has 0 radical (unpaired) electrons. The Labute approximate surface area is 231 Å². The molecule has 5 rings (SSSR count). The molecule has 3 heterocycles. The molecule has 8 nitrogen and oxygen atoms in total. The molecule has 0 bridgehead atoms. The van der Waals surface area contributed by atoms with Crippen LogP contribution in [0.1, 0.15) is 55.7 Å². The van der Waals surface area contributed by atoms with Crippen LogP contribution in [0.3, 0.4) is 0 Å². The molecular weight excluding hydrogens is 488 g/mol. The Hall–Kier alpha value is -3.65. The molecule has 1 aliphatic rings. The van der Waals surface area contributed by atoms with Gasteiger partial charge in [-0.3, -0.25) is 0 Å². The topological polar surface area (TPSA) is 77.3 Å². The zero-order valence-electron chi connectivity index (χ0n) is 23.2. The van der Waals surface area contributed by atoms with Gasteiger partial charge in [-0.15, -0.1) is 0 Å². The lowest BCUT2D eigenvalue weighted by atomic mass is 10.1. The van der Waals surface area contributed by atoms with Crippen LogP contribution in [-0.4, -0.2) is 58.0 Å². The number of fused-ring (bicyclic) bond motifs is 1. The highest BCUT2D eigenvalue weighted by Gasteiger charge is 2.15. The number of rotatable bonds is 13. The molecule has 1 N–H and O–H groups in total. The number of unbranched alkanes of at least 4 members (excludes halogenated alkanes) is 1. The number of nitrogens with zero attached hydrogens (tertiary/aromatic N) is 5. The van der Waals surface area contributed by atoms with Crippen molar-refractivity contribution in [2.45, 2.75) is 58.5 Å². The molecule has 0 unspecified atom stereocenters. The van der Waals surface area contributed by atoms with E-state index in [9.17, 15) is 0 Å². The second kappa shape index (κ2) is 13.4. The summed E-state index contributed by atoms with van der Waals surface area (Å²) in [6, 6.07) is 17.3. The fourth-order valence-corrected chi connectivity index (χ4v) is 4.94. The van der Waals surface area contributed by atoms with Gasteiger partial charge in [0.05, 0.1) is 31.8 Å². The molecule has 1 saturated heterocycles. The standard InChI is InChI=1S/C31H40N6O2/c1-3-4-20-39-31-34-29(32-21-25-12-14-27(38-2)15-13-25)28-22-33-37(30(28)35-31)23-26-10-8-24(9-11-26)16-19-36-17-6-5-7-18-36/h8-15,22H,3-7,16-21,23H2,1-2H3,(H,32,34,35). The second-order valence-corrected chi connectivity index (χ2v) is 10.3. The predicted octanol–water partition coefficient (Wildman–Crippen LogP) is 5.70. The number of nitrogens with one attached hydrogen (secondary N) is 1. The van der Waals surface area contributed by atoms with Crippen molar-refractivity contribution in [3.63, 3.8) is 0 Å². The molecular formula is C31H40N6O2. The number of aromatic nitrogens is 4. The molecule has 8 heteroatoms. The zero-order valence-corrected chi connectivity index (χ0v) is 23.2. The Morgan fingerprint density at radius 3 is 2.38 bits per heavy atom. The molecule has 0 atom stereocenters. The third-order valence-electron chi connectivity index (χ3n) is 7.34. The molecule has 2 aromatic carbocycles. The molecule has 0 amide bonds. The SMILES string of the molecule is CCCCOc1nc(NCc2ccc(OC)cc2)c2cnn(Cc3ccc(CCN4CCCCC4)cc3)c2n1. The van der Waals surface area contributed by atoms with Crippen LogP contribution < -0.4 is 14.8 Å². The van der Waals surface area contributed by atoms with Crippen molar-refractivity contribution in [1.29, 1.82) is 0 Å². The van der Waals surface area contributed by atoms with E-state index in [0.29, 0.717) is 25.7 Å². The minimum absolute atomic E-state index is 0.378. The summed E-state index contributed by atoms with van der Waals surface area (Å²) in [5.41, 5.74) is 4.47. The highest BCUT2D eigenvalue weighted by atomic mass is 16.5. The van der Waals surface area contributed by atoms with Crippen LogP contribution in [0.15, 0.2) is 54.7 Å². The van der Waals surface area contributed by atoms with Gasteiger partial charge in [0.25, 0.3) is 0 Å². The first kappa shape index (κ1) is 26.9. The first-order chi connectivity index (χ1) is 19.2. The first-order valence-electron chi connectivity index (χ1n) is 14.2. The number of benzene rings is 2. The maximum atomic E-state index is 5.92. The Bertz CT molecular complexity index is 1310. The molecule has 1 aliphatic heterocycles. The number of methoxy groups -OCH3 is 1. The number of ether oxygens (including phenoxy) is 2. The Balaban J connectivity index is 1.30. The lowest BCUT2D eigenvalue weighted by Gasteiger charge is -2.26. The highest BCUT2D eigenvalue weighted by Crippen LogP contribution is 2.25. The van der Waals surface area contributed by atoms with Gasteiger partial charge in [0, 0.05) is 13.1 Å². The number of hydrogen-bond acceptors (Lipinski definition) is 7. The minimum Gasteiger partial charge on any atom is -0.497 e. The Morgan fingerprint density at radius 2 is 1.64 bits per heavy atom. The number of hydrogen-bond donors (Lipinski definition) is 1. The molecule has 0 spiro atoms. The van der Waals surface area contributed by atoms with Crippen LogP contribution in [0, 0.1) is 0 Å². The number of likely N-dealkylation sites (tertiary alicyclic amines) is 1. The van der Waals surface area contributed by atoms with Gasteiger partial charge in [-0.1, -0.05) is 56.2 Å². The lowest BCUT2D eigenvalue weighted by Crippen LogP contribution is -2.31. The molecule has 1 fully saturated rings. The summed E-state index contributed by atoms with van der Waals surface area (Å²) in [5.74, 6) is 1.56. The third-order valence-corrected chi connectivity index (χ3v) is 7.34. The van der Waals surface area contributed by atoms with E-state index in [1.165, 1.54) is 43.5 Å². The summed E-state index contributed by atoms with van der Waals surface area (Å²) in [5, 5.41) is 9.03. The van der Waals surface area contributed by atoms with Crippen molar-refractivity contribution in [2.24, 2.45) is 0 Å². The van der Waals surface area contributed by atoms with Crippen molar-refractivity contribution < 1.29 is 9.47 Å². The van der Waals surface area contributed by atoms with Gasteiger partial charge in [0.1, 0.15) is 11.6 Å². The molecule has 206 valence electrons. The van der Waals surface area contributed by atoms with Crippen molar-refractivity contribution >= 4 is 16.9 Å². The summed E-state index contributed by atoms with van der Waals surface area (Å²) in [4.78, 5) is 12.0. The fraction of sp³-hybridized carbons (Fsp3) is 0.452. The molecule has 0 saturated carbocycles. The van der Waals surface area contributed by atoms with Crippen LogP contribution >= 0.6 is 0 Å². The van der Waals surface area contributed by atoms with Gasteiger partial charge in [0.15, 0.2) is 5.65 Å². The summed E-state index contributed by atoms with van der Waals surface area (Å²) in [7, 11) is 1.67. The molecule has 39 heavy (non-hydrogen) atoms. The fourth-order valence-electron chi connectivity index (χ4n) is 4.94. The molecule has 2 aromatic heterocycles. The summed E-state index contributed by atoms with van der Waals surface area (Å²) in [6.45, 7) is 7.62. The van der Waals surface area contributed by atoms with Gasteiger partial charge >= 0.3 is 6.01 Å². The lowest BCUT2D eigenvalue weighted by molar-refractivity contribution is 0.231. The zero-order chi connectivity index (χ0) is 26.9. The molecule has 4 aromatic rings. The quantitative estimate of drug-likeness (QED) is 0.223. The number of anilines is 1. The third kappa shape index (κ3) is 7.26. The van der Waals surface area contributed by atoms with Crippen molar-refractivity contribution in [3.05, 3.63) is 71.4 Å². The second-order valence-electron chi connectivity index (χ2n) is 10.3. The van der Waals surface area contributed by atoms with Crippen LogP contribution in [-0.2, 0) is 19.5 Å². The van der Waals surface area contributed by atoms with Crippen LogP contribution in [0.5, 0.6) is 11.8 Å². The van der Waals surface area contributed by atoms with Gasteiger partial charge in [0.2, 0.25) is 0 Å². The number of piperidine rings is 1. The summed E-state index contributed by atoms with van der Waals surface area (Å²) in [6.07, 6.45) is 9.00. The smallest absolute Gasteiger partial charge is 0.320 e. The van der Waals surface area contributed by atoms with Gasteiger partial charge < -0.3 is 19.7 Å². The normalized spacial score (nSPS) is 14.0. The van der Waals surface area contributed by atoms with Gasteiger partial charge in [-0.05, 0) is 67.6 Å². The maximum Gasteiger partial charge on any atom is 0.320 e. The summed E-state index contributed by atoms with van der Waals surface area (Å²) < 4.78 is 13.1. The Kier molecular flexibility index (Phi) is 9.27. The predicted molar refractivity (Wildman–Crippen MR) is 156 cm³/mol. The average Bonchev–Trinajstić information content (AvgIpc) is 3.39. The minimum atomic E-state index is 0.378. The first-order valence-corrected chi connectivity index (χ1v) is 14.2. The van der Waals surface area contributed by atoms with E-state index in [-0.39, 0.29) is 0 Å². The van der Waals surface area contributed by atoms with E-state index in [1.54, 1.807) is 7.11 Å². The Morgan fingerprint density at radius 1 is 0.897 bits per heavy atom. The highest BCUT2D eigenvalue weighted by molar-refractivity contribution is 5.86. The van der Waals surface area contributed by atoms with Crippen LogP contribution in [0.2, 0.25) is 0 Å². The van der Waals surface area contributed by atoms with Crippen molar-refractivity contribution in [3.8, 4) is 11.8 Å². The monoisotopic (exact) mass is 528 g/mol. The van der Waals surface area contributed by atoms with Crippen LogP contribution in [0.25, 0.3) is 11.0 Å². The van der Waals surface area contributed by atoms with Crippen molar-refractivity contribution in [1.82, 2.24) is 24.6 Å². The molecule has 0 aliphatic carbocycles. The maximum absolute atomic E-state index is 5.92. The van der Waals surface area contributed by atoms with E-state index in [1.807, 2.05) is 35.1 Å². The summed E-state index contributed by atoms with van der Waals surface area (Å²) >= 11 is 0. The van der Waals surface area contributed by atoms with Gasteiger partial charge in [-0.25, -0.2) is 4.68 Å². The van der Waals surface area contributed by atoms with E-state index < -0.39 is 0 Å². The average molecular weight is 529 g/mol. The van der Waals surface area contributed by atoms with Crippen LogP contribution in [0.4, 0.5) is 5.82 Å². The van der Waals surface area contributed by atoms with Gasteiger partial charge in [-0.2, -0.15) is 15.1 Å². The van der Waals surface area contributed by atoms with E-state index >= 15 is 0 Å². The van der Waals surface area contributed by atoms with E-state index in [0.717, 1.165) is 54.0 Å². The largest absolute Gasteiger partial charge is 0.497 e. The van der Waals surface area contributed by atoms with Crippen molar-refractivity contribution in [2.75, 3.05) is 38.7 Å². The van der Waals surface area contributed by atoms with E-state index in [4.69, 9.17) is 14.5 Å².